The number of aromatic nitrogens is 4. The van der Waals surface area contributed by atoms with Gasteiger partial charge in [-0.2, -0.15) is 19.6 Å². The predicted molar refractivity (Wildman–Crippen MR) is 68.9 cm³/mol. The van der Waals surface area contributed by atoms with E-state index in [9.17, 15) is 14.5 Å². The monoisotopic (exact) mass is 309 g/mol. The van der Waals surface area contributed by atoms with Gasteiger partial charge in [0.25, 0.3) is 5.78 Å². The van der Waals surface area contributed by atoms with E-state index in [1.165, 1.54) is 16.9 Å². The molecule has 3 aromatic rings. The van der Waals surface area contributed by atoms with Crippen molar-refractivity contribution in [1.29, 1.82) is 0 Å². The van der Waals surface area contributed by atoms with Crippen LogP contribution in [0.5, 0.6) is 11.6 Å². The quantitative estimate of drug-likeness (QED) is 0.419. The van der Waals surface area contributed by atoms with Crippen LogP contribution >= 0.6 is 11.6 Å². The smallest absolute Gasteiger partial charge is 0.311 e. The molecule has 0 aliphatic rings. The van der Waals surface area contributed by atoms with Crippen molar-refractivity contribution in [2.24, 2.45) is 0 Å². The van der Waals surface area contributed by atoms with Crippen LogP contribution < -0.4 is 4.74 Å². The Bertz CT molecular complexity index is 853. The topological polar surface area (TPSA) is 95.5 Å². The number of nitrogens with zero attached hydrogens (tertiary/aromatic N) is 5. The van der Waals surface area contributed by atoms with Gasteiger partial charge in [0.05, 0.1) is 4.92 Å². The molecule has 3 rings (SSSR count). The second kappa shape index (κ2) is 4.94. The molecular formula is C11H5ClFN5O3. The molecule has 0 saturated carbocycles. The van der Waals surface area contributed by atoms with Crippen molar-refractivity contribution < 1.29 is 14.1 Å². The van der Waals surface area contributed by atoms with E-state index in [4.69, 9.17) is 16.3 Å². The van der Waals surface area contributed by atoms with Gasteiger partial charge in [0.2, 0.25) is 11.6 Å². The molecule has 0 fully saturated rings. The van der Waals surface area contributed by atoms with E-state index in [0.717, 1.165) is 18.2 Å². The lowest BCUT2D eigenvalue weighted by Gasteiger charge is -2.07. The van der Waals surface area contributed by atoms with E-state index < -0.39 is 16.4 Å². The van der Waals surface area contributed by atoms with Gasteiger partial charge in [-0.3, -0.25) is 10.1 Å². The van der Waals surface area contributed by atoms with Gasteiger partial charge in [0, 0.05) is 18.2 Å². The molecule has 1 aromatic carbocycles. The molecule has 2 heterocycles. The number of nitro groups is 1. The minimum atomic E-state index is -0.684. The molecule has 0 unspecified atom stereocenters. The highest BCUT2D eigenvalue weighted by molar-refractivity contribution is 6.29. The van der Waals surface area contributed by atoms with Gasteiger partial charge in [-0.05, 0) is 6.07 Å². The van der Waals surface area contributed by atoms with Crippen LogP contribution in [-0.2, 0) is 0 Å². The van der Waals surface area contributed by atoms with Crippen molar-refractivity contribution in [1.82, 2.24) is 19.6 Å². The average Bonchev–Trinajstić information content (AvgIpc) is 2.86. The minimum Gasteiger partial charge on any atom is -0.431 e. The molecule has 2 aromatic heterocycles. The maximum atomic E-state index is 13.3. The Morgan fingerprint density at radius 1 is 1.38 bits per heavy atom. The van der Waals surface area contributed by atoms with Crippen molar-refractivity contribution in [3.05, 3.63) is 51.7 Å². The van der Waals surface area contributed by atoms with Gasteiger partial charge in [-0.25, -0.2) is 4.39 Å². The third-order valence-corrected chi connectivity index (χ3v) is 2.71. The summed E-state index contributed by atoms with van der Waals surface area (Å²) < 4.78 is 19.8. The zero-order valence-electron chi connectivity index (χ0n) is 10.1. The van der Waals surface area contributed by atoms with E-state index in [-0.39, 0.29) is 22.6 Å². The first kappa shape index (κ1) is 13.2. The lowest BCUT2D eigenvalue weighted by molar-refractivity contribution is -0.385. The fourth-order valence-corrected chi connectivity index (χ4v) is 1.83. The van der Waals surface area contributed by atoms with E-state index in [0.29, 0.717) is 0 Å². The number of ether oxygens (including phenoxy) is 1. The van der Waals surface area contributed by atoms with Gasteiger partial charge < -0.3 is 4.74 Å². The van der Waals surface area contributed by atoms with Gasteiger partial charge in [0.15, 0.2) is 0 Å². The van der Waals surface area contributed by atoms with Crippen LogP contribution in [0.15, 0.2) is 30.6 Å². The molecule has 0 atom stereocenters. The Balaban J connectivity index is 2.12. The van der Waals surface area contributed by atoms with Crippen LogP contribution in [0.4, 0.5) is 10.1 Å². The van der Waals surface area contributed by atoms with Gasteiger partial charge in [-0.1, -0.05) is 11.6 Å². The van der Waals surface area contributed by atoms with E-state index in [1.54, 1.807) is 0 Å². The number of rotatable bonds is 3. The van der Waals surface area contributed by atoms with Gasteiger partial charge >= 0.3 is 5.69 Å². The fourth-order valence-electron chi connectivity index (χ4n) is 1.66. The predicted octanol–water partition coefficient (Wildman–Crippen LogP) is 2.62. The molecule has 0 aliphatic heterocycles. The van der Waals surface area contributed by atoms with Crippen LogP contribution in [0.25, 0.3) is 5.78 Å². The maximum absolute atomic E-state index is 13.3. The summed E-state index contributed by atoms with van der Waals surface area (Å²) in [5, 5.41) is 14.8. The molecule has 0 saturated heterocycles. The third-order valence-electron chi connectivity index (χ3n) is 2.52. The van der Waals surface area contributed by atoms with Crippen molar-refractivity contribution in [2.75, 3.05) is 0 Å². The number of hydrogen-bond acceptors (Lipinski definition) is 6. The summed E-state index contributed by atoms with van der Waals surface area (Å²) in [7, 11) is 0. The SMILES string of the molecule is O=[N+]([O-])c1ccc(F)cc1Oc1cc(Cl)nc2ncnn12. The highest BCUT2D eigenvalue weighted by Crippen LogP contribution is 2.32. The molecule has 0 N–H and O–H groups in total. The number of fused-ring (bicyclic) bond motifs is 1. The van der Waals surface area contributed by atoms with Crippen molar-refractivity contribution in [3.63, 3.8) is 0 Å². The first-order chi connectivity index (χ1) is 10.0. The van der Waals surface area contributed by atoms with Crippen LogP contribution in [0.1, 0.15) is 0 Å². The molecule has 0 spiro atoms. The summed E-state index contributed by atoms with van der Waals surface area (Å²) >= 11 is 5.80. The van der Waals surface area contributed by atoms with Crippen LogP contribution in [-0.4, -0.2) is 24.5 Å². The molecule has 0 amide bonds. The summed E-state index contributed by atoms with van der Waals surface area (Å²) in [5.74, 6) is -0.780. The number of nitro benzene ring substituents is 1. The normalized spacial score (nSPS) is 10.8. The minimum absolute atomic E-state index is 0.0243. The highest BCUT2D eigenvalue weighted by atomic mass is 35.5. The molecular weight excluding hydrogens is 305 g/mol. The largest absolute Gasteiger partial charge is 0.431 e. The lowest BCUT2D eigenvalue weighted by Crippen LogP contribution is -2.00. The second-order valence-corrected chi connectivity index (χ2v) is 4.25. The lowest BCUT2D eigenvalue weighted by atomic mass is 10.3. The van der Waals surface area contributed by atoms with Gasteiger partial charge in [0.1, 0.15) is 17.3 Å². The zero-order valence-corrected chi connectivity index (χ0v) is 10.9. The molecule has 21 heavy (non-hydrogen) atoms. The Morgan fingerprint density at radius 3 is 2.95 bits per heavy atom. The molecule has 0 bridgehead atoms. The van der Waals surface area contributed by atoms with Crippen molar-refractivity contribution in [3.8, 4) is 11.6 Å². The summed E-state index contributed by atoms with van der Waals surface area (Å²) in [6.07, 6.45) is 1.21. The summed E-state index contributed by atoms with van der Waals surface area (Å²) in [6, 6.07) is 4.16. The first-order valence-electron chi connectivity index (χ1n) is 5.52. The average molecular weight is 310 g/mol. The Hall–Kier alpha value is -2.81. The standard InChI is InChI=1S/C11H5ClFN5O3/c12-9-4-10(17-11(16-9)14-5-15-17)21-8-3-6(13)1-2-7(8)18(19)20/h1-5H. The van der Waals surface area contributed by atoms with Crippen molar-refractivity contribution >= 4 is 23.1 Å². The maximum Gasteiger partial charge on any atom is 0.311 e. The van der Waals surface area contributed by atoms with Gasteiger partial charge in [-0.15, -0.1) is 0 Å². The Morgan fingerprint density at radius 2 is 2.19 bits per heavy atom. The summed E-state index contributed by atoms with van der Waals surface area (Å²) in [5.41, 5.74) is -0.391. The van der Waals surface area contributed by atoms with E-state index >= 15 is 0 Å². The zero-order chi connectivity index (χ0) is 15.0. The Labute approximate surface area is 120 Å². The molecule has 106 valence electrons. The number of halogens is 2. The highest BCUT2D eigenvalue weighted by Gasteiger charge is 2.18. The molecule has 10 heteroatoms. The molecule has 0 radical (unpaired) electrons. The fraction of sp³-hybridized carbons (Fsp3) is 0. The third kappa shape index (κ3) is 2.46. The number of benzene rings is 1. The first-order valence-corrected chi connectivity index (χ1v) is 5.90. The summed E-state index contributed by atoms with van der Waals surface area (Å²) in [6.45, 7) is 0. The molecule has 8 nitrogen and oxygen atoms in total. The van der Waals surface area contributed by atoms with Crippen LogP contribution in [0.3, 0.4) is 0 Å². The van der Waals surface area contributed by atoms with E-state index in [1.807, 2.05) is 0 Å². The second-order valence-electron chi connectivity index (χ2n) is 3.86. The van der Waals surface area contributed by atoms with Crippen LogP contribution in [0, 0.1) is 15.9 Å². The number of hydrogen-bond donors (Lipinski definition) is 0. The van der Waals surface area contributed by atoms with Crippen molar-refractivity contribution in [2.45, 2.75) is 0 Å². The van der Waals surface area contributed by atoms with Crippen LogP contribution in [0.2, 0.25) is 5.15 Å². The summed E-state index contributed by atoms with van der Waals surface area (Å²) in [4.78, 5) is 18.0. The Kier molecular flexibility index (Phi) is 3.10. The van der Waals surface area contributed by atoms with E-state index in [2.05, 4.69) is 15.1 Å². The molecule has 0 aliphatic carbocycles.